The van der Waals surface area contributed by atoms with Gasteiger partial charge in [-0.15, -0.1) is 0 Å². The number of nitrogens with zero attached hydrogens (tertiary/aromatic N) is 4. The molecule has 3 aliphatic rings. The average molecular weight is 602 g/mol. The first-order chi connectivity index (χ1) is 20.0. The smallest absolute Gasteiger partial charge is 0.330 e. The third kappa shape index (κ3) is 5.30. The van der Waals surface area contributed by atoms with Gasteiger partial charge in [-0.05, 0) is 61.9 Å². The molecule has 2 bridgehead atoms. The second-order valence-corrected chi connectivity index (χ2v) is 11.5. The molecule has 7 nitrogen and oxygen atoms in total. The van der Waals surface area contributed by atoms with Gasteiger partial charge in [0.05, 0.1) is 45.9 Å². The number of alkyl halides is 3. The van der Waals surface area contributed by atoms with Crippen LogP contribution in [0.1, 0.15) is 74.4 Å². The van der Waals surface area contributed by atoms with Crippen molar-refractivity contribution in [2.75, 3.05) is 11.9 Å². The van der Waals surface area contributed by atoms with E-state index in [1.54, 1.807) is 17.3 Å². The summed E-state index contributed by atoms with van der Waals surface area (Å²) in [6, 6.07) is 5.05. The Morgan fingerprint density at radius 1 is 1.10 bits per heavy atom. The van der Waals surface area contributed by atoms with Gasteiger partial charge >= 0.3 is 6.18 Å². The second kappa shape index (κ2) is 10.8. The minimum atomic E-state index is -4.82. The fourth-order valence-electron chi connectivity index (χ4n) is 5.85. The average Bonchev–Trinajstić information content (AvgIpc) is 3.71. The number of carbonyl (C=O) groups is 2. The number of carbonyl (C=O) groups excluding carboxylic acids is 2. The zero-order valence-electron chi connectivity index (χ0n) is 22.7. The molecule has 4 heterocycles. The Morgan fingerprint density at radius 3 is 2.60 bits per heavy atom. The first-order valence-corrected chi connectivity index (χ1v) is 14.3. The number of anilines is 1. The maximum Gasteiger partial charge on any atom is 0.417 e. The van der Waals surface area contributed by atoms with E-state index in [1.807, 2.05) is 23.7 Å². The van der Waals surface area contributed by atoms with Crippen molar-refractivity contribution < 1.29 is 27.2 Å². The minimum absolute atomic E-state index is 0.000317. The van der Waals surface area contributed by atoms with E-state index in [4.69, 9.17) is 11.6 Å². The topological polar surface area (TPSA) is 80.1 Å². The highest BCUT2D eigenvalue weighted by atomic mass is 35.5. The number of hydrogen-bond donors (Lipinski definition) is 1. The Kier molecular flexibility index (Phi) is 7.32. The van der Waals surface area contributed by atoms with Gasteiger partial charge < -0.3 is 10.2 Å². The first kappa shape index (κ1) is 28.4. The fraction of sp³-hybridized carbons (Fsp3) is 0.400. The van der Waals surface area contributed by atoms with E-state index in [0.29, 0.717) is 30.6 Å². The molecule has 220 valence electrons. The number of rotatable bonds is 3. The quantitative estimate of drug-likeness (QED) is 0.322. The maximum atomic E-state index is 15.0. The van der Waals surface area contributed by atoms with Crippen LogP contribution in [-0.2, 0) is 15.8 Å². The molecule has 42 heavy (non-hydrogen) atoms. The second-order valence-electron chi connectivity index (χ2n) is 11.1. The molecule has 0 radical (unpaired) electrons. The molecule has 2 unspecified atom stereocenters. The summed E-state index contributed by atoms with van der Waals surface area (Å²) in [5.41, 5.74) is 0.867. The number of amides is 2. The lowest BCUT2D eigenvalue weighted by Crippen LogP contribution is -2.38. The predicted octanol–water partition coefficient (Wildman–Crippen LogP) is 7.21. The molecule has 2 aliphatic heterocycles. The standard InChI is InChI=1S/C30H28ClF4N5O2/c1-16-3-2-4-24(22-13-18(9-11-36-22)28-23(38-29(16)42)15-37-40(28)19-5-6-19)39-12-10-17(14-25(39)41)26-20(30(33,34)35)7-8-21(31)27(26)32/h7-9,11,13-16,19,24H,2-6,10,12H2,1H3,(H,38,42). The fourth-order valence-corrected chi connectivity index (χ4v) is 6.00. The van der Waals surface area contributed by atoms with Gasteiger partial charge in [0.15, 0.2) is 0 Å². The Morgan fingerprint density at radius 2 is 1.88 bits per heavy atom. The number of aromatic nitrogens is 3. The van der Waals surface area contributed by atoms with Crippen LogP contribution < -0.4 is 5.32 Å². The summed E-state index contributed by atoms with van der Waals surface area (Å²) in [6.07, 6.45) is 3.16. The van der Waals surface area contributed by atoms with Crippen molar-refractivity contribution in [1.82, 2.24) is 19.7 Å². The lowest BCUT2D eigenvalue weighted by Gasteiger charge is -2.35. The third-order valence-corrected chi connectivity index (χ3v) is 8.50. The van der Waals surface area contributed by atoms with E-state index >= 15 is 0 Å². The summed E-state index contributed by atoms with van der Waals surface area (Å²) in [4.78, 5) is 32.7. The molecular weight excluding hydrogens is 574 g/mol. The summed E-state index contributed by atoms with van der Waals surface area (Å²) < 4.78 is 58.2. The molecule has 12 heteroatoms. The molecule has 2 aromatic heterocycles. The molecule has 1 fully saturated rings. The number of halogens is 5. The van der Waals surface area contributed by atoms with Gasteiger partial charge in [-0.1, -0.05) is 24.9 Å². The molecule has 0 saturated heterocycles. The Labute approximate surface area is 244 Å². The Hall–Kier alpha value is -3.73. The van der Waals surface area contributed by atoms with Crippen LogP contribution in [-0.4, -0.2) is 38.0 Å². The van der Waals surface area contributed by atoms with E-state index in [1.165, 1.54) is 0 Å². The molecule has 0 spiro atoms. The number of benzene rings is 1. The van der Waals surface area contributed by atoms with Crippen LogP contribution >= 0.6 is 11.6 Å². The van der Waals surface area contributed by atoms with Gasteiger partial charge in [0.25, 0.3) is 0 Å². The Balaban J connectivity index is 1.39. The largest absolute Gasteiger partial charge is 0.417 e. The highest BCUT2D eigenvalue weighted by molar-refractivity contribution is 6.31. The van der Waals surface area contributed by atoms with E-state index in [0.717, 1.165) is 42.3 Å². The van der Waals surface area contributed by atoms with Crippen molar-refractivity contribution in [3.05, 3.63) is 70.4 Å². The van der Waals surface area contributed by atoms with Crippen molar-refractivity contribution >= 4 is 34.7 Å². The highest BCUT2D eigenvalue weighted by Gasteiger charge is 2.38. The van der Waals surface area contributed by atoms with Gasteiger partial charge in [0, 0.05) is 35.9 Å². The van der Waals surface area contributed by atoms with Crippen LogP contribution in [0.2, 0.25) is 5.02 Å². The van der Waals surface area contributed by atoms with Gasteiger partial charge in [-0.2, -0.15) is 18.3 Å². The van der Waals surface area contributed by atoms with Crippen LogP contribution in [0.15, 0.2) is 42.7 Å². The summed E-state index contributed by atoms with van der Waals surface area (Å²) in [6.45, 7) is 1.91. The highest BCUT2D eigenvalue weighted by Crippen LogP contribution is 2.43. The predicted molar refractivity (Wildman–Crippen MR) is 149 cm³/mol. The zero-order valence-corrected chi connectivity index (χ0v) is 23.5. The zero-order chi connectivity index (χ0) is 29.8. The number of fused-ring (bicyclic) bond motifs is 4. The molecule has 2 amide bonds. The van der Waals surface area contributed by atoms with E-state index in [2.05, 4.69) is 15.4 Å². The molecule has 1 saturated carbocycles. The van der Waals surface area contributed by atoms with Crippen molar-refractivity contribution in [3.8, 4) is 11.3 Å². The SMILES string of the molecule is CC1CCCC(N2CCC(c3c(C(F)(F)F)ccc(Cl)c3F)=CC2=O)c2cc(ccn2)-c2c(cnn2C2CC2)NC1=O. The lowest BCUT2D eigenvalue weighted by atomic mass is 9.91. The van der Waals surface area contributed by atoms with Crippen molar-refractivity contribution in [1.29, 1.82) is 0 Å². The van der Waals surface area contributed by atoms with Crippen LogP contribution in [0.3, 0.4) is 0 Å². The number of hydrogen-bond acceptors (Lipinski definition) is 4. The van der Waals surface area contributed by atoms with Crippen LogP contribution in [0.5, 0.6) is 0 Å². The van der Waals surface area contributed by atoms with E-state index in [-0.39, 0.29) is 36.4 Å². The summed E-state index contributed by atoms with van der Waals surface area (Å²) in [7, 11) is 0. The summed E-state index contributed by atoms with van der Waals surface area (Å²) in [5, 5.41) is 7.13. The Bertz CT molecular complexity index is 1600. The van der Waals surface area contributed by atoms with Crippen molar-refractivity contribution in [2.45, 2.75) is 63.7 Å². The number of pyridine rings is 1. The first-order valence-electron chi connectivity index (χ1n) is 13.9. The molecule has 1 aromatic carbocycles. The minimum Gasteiger partial charge on any atom is -0.330 e. The molecular formula is C30H28ClF4N5O2. The normalized spacial score (nSPS) is 21.7. The van der Waals surface area contributed by atoms with Gasteiger partial charge in [-0.3, -0.25) is 19.3 Å². The maximum absolute atomic E-state index is 15.0. The van der Waals surface area contributed by atoms with Crippen LogP contribution in [0, 0.1) is 11.7 Å². The van der Waals surface area contributed by atoms with Crippen LogP contribution in [0.25, 0.3) is 16.8 Å². The van der Waals surface area contributed by atoms with Gasteiger partial charge in [0.2, 0.25) is 11.8 Å². The van der Waals surface area contributed by atoms with Gasteiger partial charge in [0.1, 0.15) is 5.82 Å². The molecule has 2 atom stereocenters. The third-order valence-electron chi connectivity index (χ3n) is 8.20. The number of nitrogens with one attached hydrogen (secondary N) is 1. The van der Waals surface area contributed by atoms with E-state index < -0.39 is 40.1 Å². The molecule has 1 aliphatic carbocycles. The molecule has 3 aromatic rings. The lowest BCUT2D eigenvalue weighted by molar-refractivity contribution is -0.138. The molecule has 6 rings (SSSR count). The summed E-state index contributed by atoms with van der Waals surface area (Å²) in [5.74, 6) is -2.16. The molecule has 1 N–H and O–H groups in total. The van der Waals surface area contributed by atoms with Gasteiger partial charge in [-0.25, -0.2) is 4.39 Å². The van der Waals surface area contributed by atoms with Crippen molar-refractivity contribution in [2.24, 2.45) is 5.92 Å². The van der Waals surface area contributed by atoms with Crippen LogP contribution in [0.4, 0.5) is 23.2 Å². The van der Waals surface area contributed by atoms with Crippen molar-refractivity contribution in [3.63, 3.8) is 0 Å². The monoisotopic (exact) mass is 601 g/mol. The van der Waals surface area contributed by atoms with E-state index in [9.17, 15) is 27.2 Å². The summed E-state index contributed by atoms with van der Waals surface area (Å²) >= 11 is 5.84.